The van der Waals surface area contributed by atoms with Crippen LogP contribution in [0.5, 0.6) is 0 Å². The molecule has 1 heterocycles. The average Bonchev–Trinajstić information content (AvgIpc) is 2.30. The molecule has 4 heteroatoms. The lowest BCUT2D eigenvalue weighted by molar-refractivity contribution is 0.131. The van der Waals surface area contributed by atoms with Gasteiger partial charge in [0.2, 0.25) is 0 Å². The Morgan fingerprint density at radius 2 is 2.19 bits per heavy atom. The fraction of sp³-hybridized carbons (Fsp3) is 0.583. The summed E-state index contributed by atoms with van der Waals surface area (Å²) in [7, 11) is 0. The van der Waals surface area contributed by atoms with Crippen molar-refractivity contribution >= 4 is 11.5 Å². The first-order valence-electron chi connectivity index (χ1n) is 5.86. The Labute approximate surface area is 97.2 Å². The van der Waals surface area contributed by atoms with Gasteiger partial charge in [-0.3, -0.25) is 0 Å². The number of pyridine rings is 1. The van der Waals surface area contributed by atoms with Gasteiger partial charge in [0.1, 0.15) is 5.82 Å². The zero-order valence-corrected chi connectivity index (χ0v) is 9.91. The fourth-order valence-electron chi connectivity index (χ4n) is 1.29. The van der Waals surface area contributed by atoms with Crippen LogP contribution in [0.2, 0.25) is 0 Å². The van der Waals surface area contributed by atoms with Gasteiger partial charge in [-0.05, 0) is 25.0 Å². The van der Waals surface area contributed by atoms with Crippen LogP contribution < -0.4 is 11.1 Å². The van der Waals surface area contributed by atoms with E-state index < -0.39 is 0 Å². The molecular weight excluding hydrogens is 202 g/mol. The van der Waals surface area contributed by atoms with E-state index in [-0.39, 0.29) is 0 Å². The van der Waals surface area contributed by atoms with E-state index in [1.807, 2.05) is 12.1 Å². The van der Waals surface area contributed by atoms with Gasteiger partial charge in [0.05, 0.1) is 5.69 Å². The minimum atomic E-state index is 0.689. The second kappa shape index (κ2) is 7.93. The smallest absolute Gasteiger partial charge is 0.149 e. The number of nitrogens with zero attached hydrogens (tertiary/aromatic N) is 1. The standard InChI is InChI=1S/C12H21N3O/c1-2-3-9-16-10-5-8-15-12-11(13)6-4-7-14-12/h4,6-7H,2-3,5,8-10,13H2,1H3,(H,14,15). The second-order valence-electron chi connectivity index (χ2n) is 3.69. The maximum absolute atomic E-state index is 5.74. The molecule has 1 rings (SSSR count). The average molecular weight is 223 g/mol. The van der Waals surface area contributed by atoms with Crippen molar-refractivity contribution in [3.8, 4) is 0 Å². The van der Waals surface area contributed by atoms with Crippen LogP contribution in [0, 0.1) is 0 Å². The summed E-state index contributed by atoms with van der Waals surface area (Å²) in [4.78, 5) is 4.15. The molecule has 0 unspecified atom stereocenters. The van der Waals surface area contributed by atoms with E-state index in [1.165, 1.54) is 6.42 Å². The molecule has 0 aliphatic rings. The van der Waals surface area contributed by atoms with E-state index in [4.69, 9.17) is 10.5 Å². The Hall–Kier alpha value is -1.29. The number of rotatable bonds is 8. The van der Waals surface area contributed by atoms with Crippen molar-refractivity contribution in [2.75, 3.05) is 30.8 Å². The van der Waals surface area contributed by atoms with Crippen molar-refractivity contribution in [3.63, 3.8) is 0 Å². The van der Waals surface area contributed by atoms with Gasteiger partial charge in [-0.2, -0.15) is 0 Å². The zero-order valence-electron chi connectivity index (χ0n) is 9.91. The van der Waals surface area contributed by atoms with Crippen LogP contribution in [0.15, 0.2) is 18.3 Å². The van der Waals surface area contributed by atoms with Gasteiger partial charge < -0.3 is 15.8 Å². The number of unbranched alkanes of at least 4 members (excludes halogenated alkanes) is 1. The van der Waals surface area contributed by atoms with Gasteiger partial charge in [0, 0.05) is 26.0 Å². The summed E-state index contributed by atoms with van der Waals surface area (Å²) in [5, 5.41) is 3.19. The van der Waals surface area contributed by atoms with E-state index in [9.17, 15) is 0 Å². The SMILES string of the molecule is CCCCOCCCNc1ncccc1N. The summed E-state index contributed by atoms with van der Waals surface area (Å²) in [5.41, 5.74) is 6.43. The van der Waals surface area contributed by atoms with E-state index in [0.717, 1.165) is 38.4 Å². The quantitative estimate of drug-likeness (QED) is 0.664. The molecule has 0 aromatic carbocycles. The number of nitrogens with two attached hydrogens (primary N) is 1. The number of hydrogen-bond acceptors (Lipinski definition) is 4. The largest absolute Gasteiger partial charge is 0.396 e. The summed E-state index contributed by atoms with van der Waals surface area (Å²) in [6.45, 7) is 4.66. The minimum absolute atomic E-state index is 0.689. The topological polar surface area (TPSA) is 60.2 Å². The van der Waals surface area contributed by atoms with Crippen LogP contribution in [0.4, 0.5) is 11.5 Å². The number of aromatic nitrogens is 1. The first kappa shape index (κ1) is 12.8. The summed E-state index contributed by atoms with van der Waals surface area (Å²) in [6, 6.07) is 3.67. The number of hydrogen-bond donors (Lipinski definition) is 2. The Morgan fingerprint density at radius 3 is 2.94 bits per heavy atom. The molecule has 90 valence electrons. The van der Waals surface area contributed by atoms with Gasteiger partial charge in [-0.25, -0.2) is 4.98 Å². The molecule has 4 nitrogen and oxygen atoms in total. The maximum atomic E-state index is 5.74. The van der Waals surface area contributed by atoms with Crippen LogP contribution in [0.3, 0.4) is 0 Å². The molecule has 0 aliphatic heterocycles. The number of ether oxygens (including phenoxy) is 1. The van der Waals surface area contributed by atoms with E-state index >= 15 is 0 Å². The summed E-state index contributed by atoms with van der Waals surface area (Å²) in [5.74, 6) is 0.760. The molecular formula is C12H21N3O. The van der Waals surface area contributed by atoms with Gasteiger partial charge in [0.25, 0.3) is 0 Å². The summed E-state index contributed by atoms with van der Waals surface area (Å²) >= 11 is 0. The lowest BCUT2D eigenvalue weighted by Gasteiger charge is -2.07. The van der Waals surface area contributed by atoms with Crippen molar-refractivity contribution in [2.45, 2.75) is 26.2 Å². The molecule has 16 heavy (non-hydrogen) atoms. The minimum Gasteiger partial charge on any atom is -0.396 e. The van der Waals surface area contributed by atoms with E-state index in [1.54, 1.807) is 6.20 Å². The molecule has 0 bridgehead atoms. The molecule has 3 N–H and O–H groups in total. The van der Waals surface area contributed by atoms with Crippen LogP contribution >= 0.6 is 0 Å². The molecule has 0 atom stereocenters. The van der Waals surface area contributed by atoms with Crippen LogP contribution in [0.25, 0.3) is 0 Å². The predicted octanol–water partition coefficient (Wildman–Crippen LogP) is 2.28. The third-order valence-corrected chi connectivity index (χ3v) is 2.24. The molecule has 0 spiro atoms. The van der Waals surface area contributed by atoms with Gasteiger partial charge in [-0.1, -0.05) is 13.3 Å². The van der Waals surface area contributed by atoms with Crippen LogP contribution in [-0.4, -0.2) is 24.7 Å². The number of nitrogens with one attached hydrogen (secondary N) is 1. The molecule has 0 saturated carbocycles. The molecule has 0 radical (unpaired) electrons. The maximum Gasteiger partial charge on any atom is 0.149 e. The third-order valence-electron chi connectivity index (χ3n) is 2.24. The Bertz CT molecular complexity index is 291. The second-order valence-corrected chi connectivity index (χ2v) is 3.69. The molecule has 0 saturated heterocycles. The number of anilines is 2. The summed E-state index contributed by atoms with van der Waals surface area (Å²) in [6.07, 6.45) is 5.03. The first-order valence-corrected chi connectivity index (χ1v) is 5.86. The molecule has 1 aromatic rings. The fourth-order valence-corrected chi connectivity index (χ4v) is 1.29. The van der Waals surface area contributed by atoms with Gasteiger partial charge in [0.15, 0.2) is 0 Å². The highest BCUT2D eigenvalue weighted by molar-refractivity contribution is 5.60. The highest BCUT2D eigenvalue weighted by Crippen LogP contribution is 2.12. The van der Waals surface area contributed by atoms with Crippen LogP contribution in [0.1, 0.15) is 26.2 Å². The third kappa shape index (κ3) is 4.98. The Kier molecular flexibility index (Phi) is 6.33. The van der Waals surface area contributed by atoms with Crippen molar-refractivity contribution in [1.29, 1.82) is 0 Å². The van der Waals surface area contributed by atoms with E-state index in [2.05, 4.69) is 17.2 Å². The molecule has 1 aromatic heterocycles. The number of nitrogen functional groups attached to an aromatic ring is 1. The van der Waals surface area contributed by atoms with Gasteiger partial charge >= 0.3 is 0 Å². The zero-order chi connectivity index (χ0) is 11.6. The molecule has 0 fully saturated rings. The first-order chi connectivity index (χ1) is 7.84. The highest BCUT2D eigenvalue weighted by Gasteiger charge is 1.97. The van der Waals surface area contributed by atoms with Crippen LogP contribution in [-0.2, 0) is 4.74 Å². The van der Waals surface area contributed by atoms with Crippen molar-refractivity contribution in [2.24, 2.45) is 0 Å². The summed E-state index contributed by atoms with van der Waals surface area (Å²) < 4.78 is 5.45. The van der Waals surface area contributed by atoms with Gasteiger partial charge in [-0.15, -0.1) is 0 Å². The van der Waals surface area contributed by atoms with Crippen molar-refractivity contribution in [3.05, 3.63) is 18.3 Å². The predicted molar refractivity (Wildman–Crippen MR) is 67.5 cm³/mol. The monoisotopic (exact) mass is 223 g/mol. The normalized spacial score (nSPS) is 10.3. The Morgan fingerprint density at radius 1 is 1.38 bits per heavy atom. The van der Waals surface area contributed by atoms with Crippen molar-refractivity contribution < 1.29 is 4.74 Å². The van der Waals surface area contributed by atoms with Crippen molar-refractivity contribution in [1.82, 2.24) is 4.98 Å². The molecule has 0 aliphatic carbocycles. The lowest BCUT2D eigenvalue weighted by Crippen LogP contribution is -2.08. The molecule has 0 amide bonds. The highest BCUT2D eigenvalue weighted by atomic mass is 16.5. The lowest BCUT2D eigenvalue weighted by atomic mass is 10.3. The van der Waals surface area contributed by atoms with E-state index in [0.29, 0.717) is 5.69 Å². The Balaban J connectivity index is 2.05.